The van der Waals surface area contributed by atoms with E-state index in [1.807, 2.05) is 0 Å². The van der Waals surface area contributed by atoms with Gasteiger partial charge in [-0.15, -0.1) is 12.4 Å². The van der Waals surface area contributed by atoms with Crippen LogP contribution in [0.1, 0.15) is 27.6 Å². The predicted molar refractivity (Wildman–Crippen MR) is 108 cm³/mol. The molecule has 28 heavy (non-hydrogen) atoms. The number of hydrogen-bond acceptors (Lipinski definition) is 6. The zero-order chi connectivity index (χ0) is 20.0. The van der Waals surface area contributed by atoms with Crippen LogP contribution >= 0.6 is 12.4 Å². The zero-order valence-electron chi connectivity index (χ0n) is 15.3. The summed E-state index contributed by atoms with van der Waals surface area (Å²) in [7, 11) is -3.84. The van der Waals surface area contributed by atoms with Gasteiger partial charge in [-0.25, -0.2) is 13.6 Å². The molecule has 0 fully saturated rings. The van der Waals surface area contributed by atoms with Gasteiger partial charge in [0.25, 0.3) is 0 Å². The van der Waals surface area contributed by atoms with E-state index in [-0.39, 0.29) is 23.8 Å². The van der Waals surface area contributed by atoms with E-state index in [0.29, 0.717) is 35.6 Å². The molecule has 0 aliphatic heterocycles. The van der Waals surface area contributed by atoms with Crippen molar-refractivity contribution in [1.29, 1.82) is 0 Å². The fraction of sp³-hybridized carbons (Fsp3) is 0.278. The van der Waals surface area contributed by atoms with E-state index in [2.05, 4.69) is 5.32 Å². The Bertz CT molecular complexity index is 904. The van der Waals surface area contributed by atoms with Crippen LogP contribution in [0, 0.1) is 6.92 Å². The van der Waals surface area contributed by atoms with Gasteiger partial charge in [0.2, 0.25) is 15.9 Å². The Kier molecular flexibility index (Phi) is 8.86. The van der Waals surface area contributed by atoms with E-state index < -0.39 is 22.0 Å². The topological polar surface area (TPSA) is 145 Å². The molecule has 154 valence electrons. The minimum absolute atomic E-state index is 0. The number of carbonyl (C=O) groups excluding carboxylic acids is 1. The average Bonchev–Trinajstić information content (AvgIpc) is 2.61. The summed E-state index contributed by atoms with van der Waals surface area (Å²) < 4.78 is 28.6. The largest absolute Gasteiger partial charge is 0.492 e. The molecule has 0 aliphatic carbocycles. The molecule has 6 N–H and O–H groups in total. The van der Waals surface area contributed by atoms with Crippen LogP contribution in [0.5, 0.6) is 5.75 Å². The first-order valence-corrected chi connectivity index (χ1v) is 9.78. The molecule has 0 heterocycles. The second kappa shape index (κ2) is 10.4. The third kappa shape index (κ3) is 6.77. The summed E-state index contributed by atoms with van der Waals surface area (Å²) in [4.78, 5) is 11.0. The predicted octanol–water partition coefficient (Wildman–Crippen LogP) is 0.865. The van der Waals surface area contributed by atoms with Crippen molar-refractivity contribution in [3.8, 4) is 5.75 Å². The van der Waals surface area contributed by atoms with Crippen LogP contribution in [-0.2, 0) is 10.0 Å². The number of primary sulfonamides is 1. The van der Waals surface area contributed by atoms with Crippen molar-refractivity contribution < 1.29 is 23.1 Å². The Hall–Kier alpha value is -2.17. The van der Waals surface area contributed by atoms with E-state index in [1.165, 1.54) is 6.07 Å². The Morgan fingerprint density at radius 1 is 1.21 bits per heavy atom. The number of ether oxygens (including phenoxy) is 1. The lowest BCUT2D eigenvalue weighted by Gasteiger charge is -2.14. The van der Waals surface area contributed by atoms with Gasteiger partial charge in [0.15, 0.2) is 0 Å². The minimum atomic E-state index is -3.84. The van der Waals surface area contributed by atoms with Crippen LogP contribution in [0.25, 0.3) is 0 Å². The number of nitrogens with two attached hydrogens (primary N) is 2. The number of halogens is 1. The third-order valence-corrected chi connectivity index (χ3v) is 4.98. The smallest absolute Gasteiger partial charge is 0.248 e. The molecule has 0 radical (unpaired) electrons. The number of rotatable bonds is 9. The molecule has 8 nitrogen and oxygen atoms in total. The first-order chi connectivity index (χ1) is 12.7. The first kappa shape index (κ1) is 23.9. The maximum Gasteiger partial charge on any atom is 0.248 e. The van der Waals surface area contributed by atoms with Crippen LogP contribution in [0.3, 0.4) is 0 Å². The summed E-state index contributed by atoms with van der Waals surface area (Å²) in [5, 5.41) is 18.4. The molecule has 0 saturated heterocycles. The van der Waals surface area contributed by atoms with Crippen molar-refractivity contribution >= 4 is 28.3 Å². The lowest BCUT2D eigenvalue weighted by molar-refractivity contribution is 0.1000. The number of aryl methyl sites for hydroxylation is 1. The molecule has 1 unspecified atom stereocenters. The molecule has 2 aromatic rings. The number of aliphatic hydroxyl groups excluding tert-OH is 1. The SMILES string of the molecule is Cc1ccc(C(O)CNCCOc2ccc(C(N)=O)cc2)cc1S(N)(=O)=O.Cl. The van der Waals surface area contributed by atoms with Gasteiger partial charge in [-0.05, 0) is 48.4 Å². The lowest BCUT2D eigenvalue weighted by Crippen LogP contribution is -2.26. The molecule has 0 aliphatic rings. The van der Waals surface area contributed by atoms with Crippen molar-refractivity contribution in [2.45, 2.75) is 17.9 Å². The Balaban J connectivity index is 0.00000392. The highest BCUT2D eigenvalue weighted by atomic mass is 35.5. The number of hydrogen-bond donors (Lipinski definition) is 4. The summed E-state index contributed by atoms with van der Waals surface area (Å²) in [6.07, 6.45) is -0.888. The molecule has 2 rings (SSSR count). The van der Waals surface area contributed by atoms with Gasteiger partial charge < -0.3 is 20.9 Å². The fourth-order valence-electron chi connectivity index (χ4n) is 2.44. The number of aliphatic hydroxyl groups is 1. The lowest BCUT2D eigenvalue weighted by atomic mass is 10.1. The van der Waals surface area contributed by atoms with Crippen molar-refractivity contribution in [3.63, 3.8) is 0 Å². The highest BCUT2D eigenvalue weighted by molar-refractivity contribution is 7.89. The third-order valence-electron chi connectivity index (χ3n) is 3.93. The number of nitrogens with one attached hydrogen (secondary N) is 1. The normalized spacial score (nSPS) is 12.1. The molecule has 0 bridgehead atoms. The summed E-state index contributed by atoms with van der Waals surface area (Å²) in [5.41, 5.74) is 6.55. The summed E-state index contributed by atoms with van der Waals surface area (Å²) in [6, 6.07) is 11.1. The minimum Gasteiger partial charge on any atom is -0.492 e. The molecule has 1 atom stereocenters. The van der Waals surface area contributed by atoms with Gasteiger partial charge in [0, 0.05) is 18.7 Å². The standard InChI is InChI=1S/C18H23N3O5S.ClH/c1-12-2-3-14(10-17(12)27(20,24)25)16(22)11-21-8-9-26-15-6-4-13(5-7-15)18(19)23;/h2-7,10,16,21-22H,8-9,11H2,1H3,(H2,19,23)(H2,20,24,25);1H. The molecule has 0 aromatic heterocycles. The van der Waals surface area contributed by atoms with Crippen LogP contribution in [-0.4, -0.2) is 39.1 Å². The molecule has 1 amide bonds. The van der Waals surface area contributed by atoms with Gasteiger partial charge in [-0.2, -0.15) is 0 Å². The Morgan fingerprint density at radius 3 is 2.43 bits per heavy atom. The number of sulfonamides is 1. The molecule has 0 saturated carbocycles. The molecule has 0 spiro atoms. The molecular formula is C18H24ClN3O5S. The van der Waals surface area contributed by atoms with Crippen LogP contribution < -0.4 is 20.9 Å². The van der Waals surface area contributed by atoms with Crippen molar-refractivity contribution in [2.75, 3.05) is 19.7 Å². The Labute approximate surface area is 170 Å². The van der Waals surface area contributed by atoms with E-state index in [9.17, 15) is 18.3 Å². The van der Waals surface area contributed by atoms with Crippen molar-refractivity contribution in [3.05, 3.63) is 59.2 Å². The summed E-state index contributed by atoms with van der Waals surface area (Å²) in [5.74, 6) is 0.0950. The molecular weight excluding hydrogens is 406 g/mol. The highest BCUT2D eigenvalue weighted by Crippen LogP contribution is 2.20. The fourth-order valence-corrected chi connectivity index (χ4v) is 3.26. The maximum absolute atomic E-state index is 11.6. The van der Waals surface area contributed by atoms with Crippen LogP contribution in [0.2, 0.25) is 0 Å². The second-order valence-electron chi connectivity index (χ2n) is 6.03. The number of primary amides is 1. The monoisotopic (exact) mass is 429 g/mol. The van der Waals surface area contributed by atoms with Crippen molar-refractivity contribution in [2.24, 2.45) is 10.9 Å². The van der Waals surface area contributed by atoms with Gasteiger partial charge in [-0.1, -0.05) is 12.1 Å². The van der Waals surface area contributed by atoms with Gasteiger partial charge >= 0.3 is 0 Å². The van der Waals surface area contributed by atoms with Crippen LogP contribution in [0.15, 0.2) is 47.4 Å². The first-order valence-electron chi connectivity index (χ1n) is 8.23. The van der Waals surface area contributed by atoms with Crippen molar-refractivity contribution in [1.82, 2.24) is 5.32 Å². The van der Waals surface area contributed by atoms with Gasteiger partial charge in [-0.3, -0.25) is 4.79 Å². The van der Waals surface area contributed by atoms with Crippen LogP contribution in [0.4, 0.5) is 0 Å². The number of amides is 1. The highest BCUT2D eigenvalue weighted by Gasteiger charge is 2.15. The zero-order valence-corrected chi connectivity index (χ0v) is 16.9. The Morgan fingerprint density at radius 2 is 1.86 bits per heavy atom. The van der Waals surface area contributed by atoms with E-state index in [4.69, 9.17) is 15.6 Å². The summed E-state index contributed by atoms with van der Waals surface area (Å²) in [6.45, 7) is 2.67. The number of benzene rings is 2. The average molecular weight is 430 g/mol. The summed E-state index contributed by atoms with van der Waals surface area (Å²) >= 11 is 0. The molecule has 2 aromatic carbocycles. The van der Waals surface area contributed by atoms with Gasteiger partial charge in [0.1, 0.15) is 12.4 Å². The van der Waals surface area contributed by atoms with E-state index in [1.54, 1.807) is 43.3 Å². The number of carbonyl (C=O) groups is 1. The molecule has 10 heteroatoms. The van der Waals surface area contributed by atoms with E-state index >= 15 is 0 Å². The second-order valence-corrected chi connectivity index (χ2v) is 7.56. The van der Waals surface area contributed by atoms with E-state index in [0.717, 1.165) is 0 Å². The quantitative estimate of drug-likeness (QED) is 0.435. The maximum atomic E-state index is 11.6. The van der Waals surface area contributed by atoms with Gasteiger partial charge in [0.05, 0.1) is 11.0 Å².